The minimum Gasteiger partial charge on any atom is -0.385 e. The van der Waals surface area contributed by atoms with Gasteiger partial charge in [-0.25, -0.2) is 4.79 Å². The fraction of sp³-hybridized carbons (Fsp3) is 0.579. The zero-order valence-corrected chi connectivity index (χ0v) is 15.2. The summed E-state index contributed by atoms with van der Waals surface area (Å²) >= 11 is 0. The third kappa shape index (κ3) is 6.05. The molecule has 1 fully saturated rings. The molecule has 25 heavy (non-hydrogen) atoms. The number of likely N-dealkylation sites (tertiary alicyclic amines) is 1. The molecule has 0 aromatic heterocycles. The molecule has 1 heterocycles. The molecule has 1 atom stereocenters. The Bertz CT molecular complexity index is 560. The Morgan fingerprint density at radius 3 is 2.64 bits per heavy atom. The van der Waals surface area contributed by atoms with Crippen LogP contribution in [0, 0.1) is 0 Å². The van der Waals surface area contributed by atoms with E-state index < -0.39 is 0 Å². The molecule has 1 aliphatic rings. The van der Waals surface area contributed by atoms with Crippen molar-refractivity contribution < 1.29 is 14.3 Å². The van der Waals surface area contributed by atoms with Crippen molar-refractivity contribution in [3.05, 3.63) is 29.8 Å². The average molecular weight is 347 g/mol. The molecule has 1 aliphatic heterocycles. The number of amides is 3. The Morgan fingerprint density at radius 1 is 1.20 bits per heavy atom. The highest BCUT2D eigenvalue weighted by Crippen LogP contribution is 2.20. The van der Waals surface area contributed by atoms with Gasteiger partial charge in [0, 0.05) is 44.1 Å². The Balaban J connectivity index is 1.81. The normalized spacial score (nSPS) is 17.2. The highest BCUT2D eigenvalue weighted by Gasteiger charge is 2.23. The number of ether oxygens (including phenoxy) is 1. The van der Waals surface area contributed by atoms with Crippen LogP contribution in [0.1, 0.15) is 49.4 Å². The van der Waals surface area contributed by atoms with Crippen molar-refractivity contribution in [3.8, 4) is 0 Å². The molecular weight excluding hydrogens is 318 g/mol. The van der Waals surface area contributed by atoms with Crippen LogP contribution in [0.25, 0.3) is 0 Å². The van der Waals surface area contributed by atoms with E-state index in [4.69, 9.17) is 4.74 Å². The summed E-state index contributed by atoms with van der Waals surface area (Å²) in [5.41, 5.74) is 1.34. The molecule has 2 N–H and O–H groups in total. The van der Waals surface area contributed by atoms with E-state index in [0.29, 0.717) is 30.4 Å². The van der Waals surface area contributed by atoms with Gasteiger partial charge in [0.1, 0.15) is 0 Å². The van der Waals surface area contributed by atoms with E-state index in [0.717, 1.165) is 32.2 Å². The summed E-state index contributed by atoms with van der Waals surface area (Å²) in [4.78, 5) is 26.4. The van der Waals surface area contributed by atoms with Gasteiger partial charge in [0.15, 0.2) is 0 Å². The third-order valence-corrected chi connectivity index (χ3v) is 4.51. The second kappa shape index (κ2) is 10.0. The van der Waals surface area contributed by atoms with Crippen LogP contribution >= 0.6 is 0 Å². The number of urea groups is 1. The SMILES string of the molecule is COCCCCNC(=O)Nc1ccc(C(=O)N2CCCC[C@@H]2C)cc1. The Kier molecular flexibility index (Phi) is 7.73. The predicted molar refractivity (Wildman–Crippen MR) is 98.9 cm³/mol. The summed E-state index contributed by atoms with van der Waals surface area (Å²) in [6.45, 7) is 4.24. The zero-order valence-electron chi connectivity index (χ0n) is 15.2. The molecule has 0 unspecified atom stereocenters. The van der Waals surface area contributed by atoms with E-state index in [9.17, 15) is 9.59 Å². The van der Waals surface area contributed by atoms with Crippen molar-refractivity contribution in [1.82, 2.24) is 10.2 Å². The number of hydrogen-bond acceptors (Lipinski definition) is 3. The molecular formula is C19H29N3O3. The van der Waals surface area contributed by atoms with Crippen molar-refractivity contribution >= 4 is 17.6 Å². The lowest BCUT2D eigenvalue weighted by molar-refractivity contribution is 0.0635. The van der Waals surface area contributed by atoms with E-state index in [2.05, 4.69) is 17.6 Å². The molecule has 1 aromatic carbocycles. The molecule has 1 aromatic rings. The number of hydrogen-bond donors (Lipinski definition) is 2. The van der Waals surface area contributed by atoms with Crippen molar-refractivity contribution in [2.75, 3.05) is 32.1 Å². The number of unbranched alkanes of at least 4 members (excludes halogenated alkanes) is 1. The summed E-state index contributed by atoms with van der Waals surface area (Å²) < 4.78 is 4.97. The van der Waals surface area contributed by atoms with Gasteiger partial charge in [0.25, 0.3) is 5.91 Å². The number of piperidine rings is 1. The van der Waals surface area contributed by atoms with Crippen LogP contribution in [-0.4, -0.2) is 49.7 Å². The fourth-order valence-electron chi connectivity index (χ4n) is 3.01. The van der Waals surface area contributed by atoms with Crippen molar-refractivity contribution in [2.45, 2.75) is 45.1 Å². The molecule has 0 bridgehead atoms. The maximum atomic E-state index is 12.6. The van der Waals surface area contributed by atoms with Crippen molar-refractivity contribution in [1.29, 1.82) is 0 Å². The number of carbonyl (C=O) groups excluding carboxylic acids is 2. The summed E-state index contributed by atoms with van der Waals surface area (Å²) in [6.07, 6.45) is 5.12. The summed E-state index contributed by atoms with van der Waals surface area (Å²) in [7, 11) is 1.67. The molecule has 6 nitrogen and oxygen atoms in total. The van der Waals surface area contributed by atoms with Crippen LogP contribution in [-0.2, 0) is 4.74 Å². The molecule has 0 saturated carbocycles. The number of benzene rings is 1. The number of nitrogens with zero attached hydrogens (tertiary/aromatic N) is 1. The number of carbonyl (C=O) groups is 2. The summed E-state index contributed by atoms with van der Waals surface area (Å²) in [6, 6.07) is 7.15. The number of anilines is 1. The van der Waals surface area contributed by atoms with Crippen LogP contribution in [0.15, 0.2) is 24.3 Å². The van der Waals surface area contributed by atoms with Gasteiger partial charge in [0.2, 0.25) is 0 Å². The molecule has 0 spiro atoms. The van der Waals surface area contributed by atoms with Crippen LogP contribution < -0.4 is 10.6 Å². The summed E-state index contributed by atoms with van der Waals surface area (Å²) in [5, 5.41) is 5.59. The van der Waals surface area contributed by atoms with Crippen LogP contribution in [0.5, 0.6) is 0 Å². The second-order valence-corrected chi connectivity index (χ2v) is 6.50. The number of rotatable bonds is 7. The van der Waals surface area contributed by atoms with E-state index >= 15 is 0 Å². The van der Waals surface area contributed by atoms with Gasteiger partial charge in [-0.1, -0.05) is 0 Å². The first-order chi connectivity index (χ1) is 12.1. The first kappa shape index (κ1) is 19.2. The minimum absolute atomic E-state index is 0.0707. The molecule has 2 rings (SSSR count). The minimum atomic E-state index is -0.235. The monoisotopic (exact) mass is 347 g/mol. The topological polar surface area (TPSA) is 70.7 Å². The zero-order chi connectivity index (χ0) is 18.1. The van der Waals surface area contributed by atoms with Crippen LogP contribution in [0.3, 0.4) is 0 Å². The van der Waals surface area contributed by atoms with Gasteiger partial charge in [-0.15, -0.1) is 0 Å². The average Bonchev–Trinajstić information content (AvgIpc) is 2.62. The van der Waals surface area contributed by atoms with Gasteiger partial charge in [-0.05, 0) is 63.3 Å². The Labute approximate surface area is 149 Å². The highest BCUT2D eigenvalue weighted by molar-refractivity contribution is 5.95. The molecule has 1 saturated heterocycles. The van der Waals surface area contributed by atoms with Crippen LogP contribution in [0.4, 0.5) is 10.5 Å². The van der Waals surface area contributed by atoms with E-state index in [-0.39, 0.29) is 11.9 Å². The van der Waals surface area contributed by atoms with E-state index in [1.165, 1.54) is 6.42 Å². The lowest BCUT2D eigenvalue weighted by Crippen LogP contribution is -2.42. The number of methoxy groups -OCH3 is 1. The predicted octanol–water partition coefficient (Wildman–Crippen LogP) is 3.25. The Morgan fingerprint density at radius 2 is 1.96 bits per heavy atom. The van der Waals surface area contributed by atoms with Gasteiger partial charge < -0.3 is 20.3 Å². The summed E-state index contributed by atoms with van der Waals surface area (Å²) in [5.74, 6) is 0.0707. The molecule has 0 aliphatic carbocycles. The quantitative estimate of drug-likeness (QED) is 0.744. The Hall–Kier alpha value is -2.08. The van der Waals surface area contributed by atoms with Gasteiger partial charge in [0.05, 0.1) is 0 Å². The standard InChI is InChI=1S/C19H29N3O3/c1-15-7-3-5-13-22(15)18(23)16-8-10-17(11-9-16)21-19(24)20-12-4-6-14-25-2/h8-11,15H,3-7,12-14H2,1-2H3,(H2,20,21,24)/t15-/m0/s1. The fourth-order valence-corrected chi connectivity index (χ4v) is 3.01. The first-order valence-corrected chi connectivity index (χ1v) is 9.06. The van der Waals surface area contributed by atoms with Crippen molar-refractivity contribution in [2.24, 2.45) is 0 Å². The van der Waals surface area contributed by atoms with E-state index in [1.807, 2.05) is 4.90 Å². The molecule has 3 amide bonds. The van der Waals surface area contributed by atoms with Gasteiger partial charge in [-0.2, -0.15) is 0 Å². The van der Waals surface area contributed by atoms with Crippen LogP contribution in [0.2, 0.25) is 0 Å². The lowest BCUT2D eigenvalue weighted by atomic mass is 10.0. The largest absolute Gasteiger partial charge is 0.385 e. The van der Waals surface area contributed by atoms with Crippen molar-refractivity contribution in [3.63, 3.8) is 0 Å². The lowest BCUT2D eigenvalue weighted by Gasteiger charge is -2.33. The van der Waals surface area contributed by atoms with Gasteiger partial charge >= 0.3 is 6.03 Å². The second-order valence-electron chi connectivity index (χ2n) is 6.50. The molecule has 6 heteroatoms. The van der Waals surface area contributed by atoms with Gasteiger partial charge in [-0.3, -0.25) is 4.79 Å². The van der Waals surface area contributed by atoms with E-state index in [1.54, 1.807) is 31.4 Å². The smallest absolute Gasteiger partial charge is 0.319 e. The molecule has 0 radical (unpaired) electrons. The number of nitrogens with one attached hydrogen (secondary N) is 2. The maximum absolute atomic E-state index is 12.6. The third-order valence-electron chi connectivity index (χ3n) is 4.51. The molecule has 138 valence electrons. The highest BCUT2D eigenvalue weighted by atomic mass is 16.5. The maximum Gasteiger partial charge on any atom is 0.319 e. The first-order valence-electron chi connectivity index (χ1n) is 9.06.